The number of carbonyl (C=O) groups excluding carboxylic acids is 1. The number of rotatable bonds is 0. The highest BCUT2D eigenvalue weighted by atomic mass is 16.6. The van der Waals surface area contributed by atoms with E-state index in [0.29, 0.717) is 5.56 Å². The Morgan fingerprint density at radius 2 is 1.77 bits per heavy atom. The number of hydrogen-bond acceptors (Lipinski definition) is 3. The zero-order valence-corrected chi connectivity index (χ0v) is 13.9. The minimum Gasteiger partial charge on any atom is -0.456 e. The normalized spacial score (nSPS) is 24.2. The summed E-state index contributed by atoms with van der Waals surface area (Å²) < 4.78 is 12.4. The number of benzene rings is 2. The molecule has 2 aromatic carbocycles. The molecule has 3 heteroatoms. The van der Waals surface area contributed by atoms with Gasteiger partial charge in [0.15, 0.2) is 5.60 Å². The molecule has 0 amide bonds. The van der Waals surface area contributed by atoms with Crippen LogP contribution in [0.15, 0.2) is 95.3 Å². The minimum atomic E-state index is -0.941. The average Bonchev–Trinajstić information content (AvgIpc) is 3.20. The molecule has 124 valence electrons. The number of ether oxygens (including phenoxy) is 2. The summed E-state index contributed by atoms with van der Waals surface area (Å²) in [5, 5.41) is 0. The van der Waals surface area contributed by atoms with Gasteiger partial charge in [-0.2, -0.15) is 0 Å². The number of allylic oxidation sites excluding steroid dienone is 4. The predicted molar refractivity (Wildman–Crippen MR) is 96.7 cm³/mol. The lowest BCUT2D eigenvalue weighted by Crippen LogP contribution is -2.34. The maximum atomic E-state index is 12.7. The van der Waals surface area contributed by atoms with Crippen LogP contribution in [0.25, 0.3) is 0 Å². The van der Waals surface area contributed by atoms with Gasteiger partial charge < -0.3 is 9.47 Å². The summed E-state index contributed by atoms with van der Waals surface area (Å²) in [6.07, 6.45) is 9.23. The molecule has 6 rings (SSSR count). The molecule has 2 aliphatic heterocycles. The van der Waals surface area contributed by atoms with E-state index in [1.165, 1.54) is 5.57 Å². The molecule has 0 radical (unpaired) electrons. The molecule has 2 aliphatic carbocycles. The van der Waals surface area contributed by atoms with Gasteiger partial charge in [0.05, 0.1) is 5.56 Å². The third-order valence-electron chi connectivity index (χ3n) is 5.52. The Morgan fingerprint density at radius 1 is 0.962 bits per heavy atom. The average molecular weight is 338 g/mol. The van der Waals surface area contributed by atoms with Crippen molar-refractivity contribution in [1.29, 1.82) is 0 Å². The van der Waals surface area contributed by atoms with E-state index in [-0.39, 0.29) is 5.97 Å². The molecular formula is C23H14O3. The Morgan fingerprint density at radius 3 is 2.69 bits per heavy atom. The van der Waals surface area contributed by atoms with Crippen molar-refractivity contribution in [2.45, 2.75) is 12.0 Å². The third-order valence-corrected chi connectivity index (χ3v) is 5.52. The Hall–Kier alpha value is -3.33. The summed E-state index contributed by atoms with van der Waals surface area (Å²) in [7, 11) is 0. The van der Waals surface area contributed by atoms with Crippen LogP contribution in [0, 0.1) is 0 Å². The van der Waals surface area contributed by atoms with Crippen molar-refractivity contribution in [2.75, 3.05) is 0 Å². The molecule has 1 spiro atoms. The van der Waals surface area contributed by atoms with Crippen LogP contribution in [-0.2, 0) is 10.3 Å². The second-order valence-corrected chi connectivity index (χ2v) is 6.84. The van der Waals surface area contributed by atoms with Gasteiger partial charge in [0, 0.05) is 22.3 Å². The van der Waals surface area contributed by atoms with Crippen molar-refractivity contribution in [2.24, 2.45) is 0 Å². The van der Waals surface area contributed by atoms with E-state index >= 15 is 0 Å². The molecule has 1 atom stereocenters. The van der Waals surface area contributed by atoms with Crippen molar-refractivity contribution in [3.05, 3.63) is 112 Å². The highest BCUT2D eigenvalue weighted by molar-refractivity contribution is 5.97. The molecule has 26 heavy (non-hydrogen) atoms. The molecule has 0 N–H and O–H groups in total. The van der Waals surface area contributed by atoms with Crippen LogP contribution in [0.2, 0.25) is 0 Å². The number of esters is 1. The quantitative estimate of drug-likeness (QED) is 0.660. The fourth-order valence-corrected chi connectivity index (χ4v) is 4.41. The van der Waals surface area contributed by atoms with Crippen LogP contribution in [0.3, 0.4) is 0 Å². The van der Waals surface area contributed by atoms with Crippen LogP contribution in [0.1, 0.15) is 27.9 Å². The molecular weight excluding hydrogens is 324 g/mol. The van der Waals surface area contributed by atoms with Crippen LogP contribution in [-0.4, -0.2) is 5.97 Å². The molecule has 3 nitrogen and oxygen atoms in total. The molecule has 4 aliphatic rings. The Bertz CT molecular complexity index is 1130. The van der Waals surface area contributed by atoms with E-state index < -0.39 is 5.60 Å². The second kappa shape index (κ2) is 4.64. The van der Waals surface area contributed by atoms with E-state index in [4.69, 9.17) is 9.47 Å². The summed E-state index contributed by atoms with van der Waals surface area (Å²) in [5.41, 5.74) is 4.64. The molecule has 0 saturated carbocycles. The van der Waals surface area contributed by atoms with Crippen molar-refractivity contribution >= 4 is 5.97 Å². The monoisotopic (exact) mass is 338 g/mol. The van der Waals surface area contributed by atoms with Crippen molar-refractivity contribution in [3.63, 3.8) is 0 Å². The third kappa shape index (κ3) is 1.51. The SMILES string of the molecule is O=C1OC2(C3=C(Oc4ccccc42)C2=CC=CCC2=C3)c2ccccc21. The first-order valence-electron chi connectivity index (χ1n) is 8.72. The second-order valence-electron chi connectivity index (χ2n) is 6.84. The molecule has 2 aromatic rings. The van der Waals surface area contributed by atoms with Gasteiger partial charge in [-0.25, -0.2) is 4.79 Å². The maximum Gasteiger partial charge on any atom is 0.340 e. The molecule has 0 saturated heterocycles. The van der Waals surface area contributed by atoms with Gasteiger partial charge in [-0.1, -0.05) is 54.6 Å². The molecule has 0 fully saturated rings. The van der Waals surface area contributed by atoms with E-state index in [1.807, 2.05) is 54.6 Å². The zero-order chi connectivity index (χ0) is 17.3. The van der Waals surface area contributed by atoms with Gasteiger partial charge in [0.2, 0.25) is 0 Å². The number of fused-ring (bicyclic) bond motifs is 7. The standard InChI is InChI=1S/C23H14O3/c24-22-16-9-3-4-10-17(16)23(26-22)18-11-5-6-12-20(18)25-21-15-8-2-1-7-14(15)13-19(21)23/h1-6,8-13H,7H2. The molecule has 0 aromatic heterocycles. The van der Waals surface area contributed by atoms with Crippen molar-refractivity contribution < 1.29 is 14.3 Å². The number of para-hydroxylation sites is 1. The lowest BCUT2D eigenvalue weighted by atomic mass is 9.78. The summed E-state index contributed by atoms with van der Waals surface area (Å²) in [5.74, 6) is 1.25. The first kappa shape index (κ1) is 13.9. The Balaban J connectivity index is 1.72. The maximum absolute atomic E-state index is 12.7. The Labute approximate surface area is 150 Å². The lowest BCUT2D eigenvalue weighted by Gasteiger charge is -2.36. The van der Waals surface area contributed by atoms with E-state index in [9.17, 15) is 4.79 Å². The van der Waals surface area contributed by atoms with Crippen molar-refractivity contribution in [1.82, 2.24) is 0 Å². The first-order valence-corrected chi connectivity index (χ1v) is 8.72. The summed E-state index contributed by atoms with van der Waals surface area (Å²) in [4.78, 5) is 12.7. The molecule has 2 heterocycles. The zero-order valence-electron chi connectivity index (χ0n) is 13.9. The minimum absolute atomic E-state index is 0.287. The summed E-state index contributed by atoms with van der Waals surface area (Å²) in [6.45, 7) is 0. The predicted octanol–water partition coefficient (Wildman–Crippen LogP) is 4.57. The first-order chi connectivity index (χ1) is 12.8. The van der Waals surface area contributed by atoms with Gasteiger partial charge >= 0.3 is 5.97 Å². The van der Waals surface area contributed by atoms with Crippen LogP contribution < -0.4 is 4.74 Å². The van der Waals surface area contributed by atoms with Gasteiger partial charge in [-0.15, -0.1) is 0 Å². The van der Waals surface area contributed by atoms with Gasteiger partial charge in [-0.05, 0) is 30.2 Å². The summed E-state index contributed by atoms with van der Waals surface area (Å²) in [6, 6.07) is 15.5. The largest absolute Gasteiger partial charge is 0.456 e. The Kier molecular flexibility index (Phi) is 2.48. The highest BCUT2D eigenvalue weighted by Crippen LogP contribution is 2.57. The topological polar surface area (TPSA) is 35.5 Å². The lowest BCUT2D eigenvalue weighted by molar-refractivity contribution is 0.0218. The fourth-order valence-electron chi connectivity index (χ4n) is 4.41. The smallest absolute Gasteiger partial charge is 0.340 e. The summed E-state index contributed by atoms with van der Waals surface area (Å²) >= 11 is 0. The van der Waals surface area contributed by atoms with Crippen molar-refractivity contribution in [3.8, 4) is 5.75 Å². The van der Waals surface area contributed by atoms with Crippen LogP contribution >= 0.6 is 0 Å². The fraction of sp³-hybridized carbons (Fsp3) is 0.0870. The molecule has 0 bridgehead atoms. The van der Waals surface area contributed by atoms with Crippen LogP contribution in [0.5, 0.6) is 5.75 Å². The van der Waals surface area contributed by atoms with Gasteiger partial charge in [0.1, 0.15) is 11.5 Å². The van der Waals surface area contributed by atoms with Gasteiger partial charge in [-0.3, -0.25) is 0 Å². The highest BCUT2D eigenvalue weighted by Gasteiger charge is 2.55. The van der Waals surface area contributed by atoms with Crippen LogP contribution in [0.4, 0.5) is 0 Å². The van der Waals surface area contributed by atoms with Gasteiger partial charge in [0.25, 0.3) is 0 Å². The van der Waals surface area contributed by atoms with E-state index in [0.717, 1.165) is 40.2 Å². The van der Waals surface area contributed by atoms with E-state index in [2.05, 4.69) is 18.2 Å². The number of hydrogen-bond donors (Lipinski definition) is 0. The number of carbonyl (C=O) groups is 1. The van der Waals surface area contributed by atoms with E-state index in [1.54, 1.807) is 0 Å². The molecule has 1 unspecified atom stereocenters.